The minimum atomic E-state index is -2.56. The molecule has 1 aliphatic heterocycles. The van der Waals surface area contributed by atoms with Gasteiger partial charge >= 0.3 is 0 Å². The van der Waals surface area contributed by atoms with Gasteiger partial charge in [-0.05, 0) is 48.2 Å². The SMILES string of the molecule is O=C(C=Cc1cnccc1-c1cnn(C2CC2)c1)Nc1ccc(CN2CC(F)(F)C2)cc1. The minimum Gasteiger partial charge on any atom is -0.323 e. The number of hydrogen-bond acceptors (Lipinski definition) is 4. The smallest absolute Gasteiger partial charge is 0.272 e. The van der Waals surface area contributed by atoms with Crippen molar-refractivity contribution >= 4 is 17.7 Å². The van der Waals surface area contributed by atoms with Crippen LogP contribution in [0.25, 0.3) is 17.2 Å². The number of hydrogen-bond donors (Lipinski definition) is 1. The molecule has 1 N–H and O–H groups in total. The minimum absolute atomic E-state index is 0.200. The Morgan fingerprint density at radius 2 is 1.94 bits per heavy atom. The van der Waals surface area contributed by atoms with Crippen LogP contribution in [0, 0.1) is 0 Å². The van der Waals surface area contributed by atoms with Gasteiger partial charge in [0.2, 0.25) is 5.91 Å². The molecule has 5 rings (SSSR count). The number of anilines is 1. The van der Waals surface area contributed by atoms with Crippen molar-refractivity contribution in [2.24, 2.45) is 0 Å². The van der Waals surface area contributed by atoms with Gasteiger partial charge in [-0.15, -0.1) is 0 Å². The van der Waals surface area contributed by atoms with E-state index in [-0.39, 0.29) is 19.0 Å². The van der Waals surface area contributed by atoms with Crippen LogP contribution in [0.2, 0.25) is 0 Å². The summed E-state index contributed by atoms with van der Waals surface area (Å²) < 4.78 is 27.9. The topological polar surface area (TPSA) is 63.1 Å². The number of aromatic nitrogens is 3. The Balaban J connectivity index is 1.20. The third-order valence-corrected chi connectivity index (χ3v) is 5.64. The maximum Gasteiger partial charge on any atom is 0.272 e. The summed E-state index contributed by atoms with van der Waals surface area (Å²) in [5, 5.41) is 7.26. The second-order valence-corrected chi connectivity index (χ2v) is 8.42. The number of rotatable bonds is 7. The molecule has 0 bridgehead atoms. The summed E-state index contributed by atoms with van der Waals surface area (Å²) in [4.78, 5) is 18.3. The molecule has 164 valence electrons. The van der Waals surface area contributed by atoms with Crippen molar-refractivity contribution in [3.05, 3.63) is 72.3 Å². The molecule has 2 aliphatic rings. The number of carbonyl (C=O) groups excluding carboxylic acids is 1. The summed E-state index contributed by atoms with van der Waals surface area (Å²) >= 11 is 0. The summed E-state index contributed by atoms with van der Waals surface area (Å²) in [7, 11) is 0. The molecule has 0 radical (unpaired) electrons. The average molecular weight is 435 g/mol. The first-order valence-electron chi connectivity index (χ1n) is 10.6. The first kappa shape index (κ1) is 20.5. The van der Waals surface area contributed by atoms with E-state index in [1.165, 1.54) is 18.9 Å². The highest BCUT2D eigenvalue weighted by molar-refractivity contribution is 6.02. The van der Waals surface area contributed by atoms with Gasteiger partial charge in [0.1, 0.15) is 0 Å². The van der Waals surface area contributed by atoms with Crippen molar-refractivity contribution in [3.8, 4) is 11.1 Å². The Kier molecular flexibility index (Phi) is 5.30. The fourth-order valence-electron chi connectivity index (χ4n) is 3.84. The molecule has 0 spiro atoms. The third kappa shape index (κ3) is 4.75. The lowest BCUT2D eigenvalue weighted by atomic mass is 10.0. The van der Waals surface area contributed by atoms with E-state index in [4.69, 9.17) is 0 Å². The van der Waals surface area contributed by atoms with Crippen LogP contribution in [0.3, 0.4) is 0 Å². The van der Waals surface area contributed by atoms with Crippen molar-refractivity contribution in [1.82, 2.24) is 19.7 Å². The Bertz CT molecular complexity index is 1140. The second-order valence-electron chi connectivity index (χ2n) is 8.42. The lowest BCUT2D eigenvalue weighted by molar-refractivity contribution is -0.133. The number of likely N-dealkylation sites (tertiary alicyclic amines) is 1. The van der Waals surface area contributed by atoms with Gasteiger partial charge in [-0.2, -0.15) is 5.10 Å². The van der Waals surface area contributed by atoms with E-state index in [9.17, 15) is 13.6 Å². The molecule has 0 unspecified atom stereocenters. The highest BCUT2D eigenvalue weighted by Crippen LogP contribution is 2.35. The number of benzene rings is 1. The molecule has 32 heavy (non-hydrogen) atoms. The Hall–Kier alpha value is -3.39. The zero-order valence-corrected chi connectivity index (χ0v) is 17.4. The molecule has 2 aromatic heterocycles. The molecule has 3 aromatic rings. The van der Waals surface area contributed by atoms with Crippen LogP contribution >= 0.6 is 0 Å². The van der Waals surface area contributed by atoms with Gasteiger partial charge in [0, 0.05) is 48.0 Å². The molecule has 0 atom stereocenters. The van der Waals surface area contributed by atoms with Crippen LogP contribution in [0.1, 0.15) is 30.0 Å². The van der Waals surface area contributed by atoms with Crippen molar-refractivity contribution in [1.29, 1.82) is 0 Å². The summed E-state index contributed by atoms with van der Waals surface area (Å²) in [6.07, 6.45) is 12.9. The highest BCUT2D eigenvalue weighted by Gasteiger charge is 2.43. The molecular weight excluding hydrogens is 412 g/mol. The zero-order chi connectivity index (χ0) is 22.1. The van der Waals surface area contributed by atoms with E-state index in [1.807, 2.05) is 35.3 Å². The maximum atomic E-state index is 12.9. The predicted molar refractivity (Wildman–Crippen MR) is 118 cm³/mol. The summed E-state index contributed by atoms with van der Waals surface area (Å²) in [6.45, 7) is 0.0762. The van der Waals surface area contributed by atoms with Crippen LogP contribution in [0.15, 0.2) is 61.2 Å². The number of halogens is 2. The van der Waals surface area contributed by atoms with Gasteiger partial charge in [0.25, 0.3) is 5.92 Å². The largest absolute Gasteiger partial charge is 0.323 e. The lowest BCUT2D eigenvalue weighted by Gasteiger charge is -2.38. The fourth-order valence-corrected chi connectivity index (χ4v) is 3.84. The van der Waals surface area contributed by atoms with Gasteiger partial charge in [-0.25, -0.2) is 8.78 Å². The van der Waals surface area contributed by atoms with Gasteiger partial charge in [0.05, 0.1) is 25.3 Å². The van der Waals surface area contributed by atoms with Gasteiger partial charge in [0.15, 0.2) is 0 Å². The van der Waals surface area contributed by atoms with E-state index in [0.29, 0.717) is 18.3 Å². The van der Waals surface area contributed by atoms with Crippen LogP contribution in [0.5, 0.6) is 0 Å². The van der Waals surface area contributed by atoms with E-state index in [2.05, 4.69) is 15.4 Å². The molecule has 6 nitrogen and oxygen atoms in total. The van der Waals surface area contributed by atoms with Crippen molar-refractivity contribution in [2.75, 3.05) is 18.4 Å². The normalized spacial score (nSPS) is 17.9. The quantitative estimate of drug-likeness (QED) is 0.560. The van der Waals surface area contributed by atoms with Crippen molar-refractivity contribution in [3.63, 3.8) is 0 Å². The first-order valence-corrected chi connectivity index (χ1v) is 10.6. The second kappa shape index (κ2) is 8.27. The molecule has 1 saturated heterocycles. The van der Waals surface area contributed by atoms with Crippen LogP contribution in [0.4, 0.5) is 14.5 Å². The Labute approximate surface area is 184 Å². The summed E-state index contributed by atoms with van der Waals surface area (Å²) in [5.41, 5.74) is 4.38. The van der Waals surface area contributed by atoms with Crippen LogP contribution < -0.4 is 5.32 Å². The number of carbonyl (C=O) groups is 1. The molecule has 8 heteroatoms. The molecule has 1 saturated carbocycles. The third-order valence-electron chi connectivity index (χ3n) is 5.64. The fraction of sp³-hybridized carbons (Fsp3) is 0.292. The lowest BCUT2D eigenvalue weighted by Crippen LogP contribution is -2.55. The molecule has 1 aliphatic carbocycles. The number of pyridine rings is 1. The zero-order valence-electron chi connectivity index (χ0n) is 17.4. The Morgan fingerprint density at radius 1 is 1.16 bits per heavy atom. The molecular formula is C24H23F2N5O. The van der Waals surface area contributed by atoms with E-state index in [0.717, 1.165) is 22.3 Å². The van der Waals surface area contributed by atoms with Gasteiger partial charge in [-0.3, -0.25) is 19.4 Å². The van der Waals surface area contributed by atoms with Gasteiger partial charge < -0.3 is 5.32 Å². The summed E-state index contributed by atoms with van der Waals surface area (Å²) in [6, 6.07) is 9.66. The van der Waals surface area contributed by atoms with E-state index < -0.39 is 5.92 Å². The van der Waals surface area contributed by atoms with Crippen molar-refractivity contribution < 1.29 is 13.6 Å². The molecule has 1 aromatic carbocycles. The maximum absolute atomic E-state index is 12.9. The van der Waals surface area contributed by atoms with Crippen molar-refractivity contribution in [2.45, 2.75) is 31.4 Å². The number of nitrogens with one attached hydrogen (secondary N) is 1. The number of nitrogens with zero attached hydrogens (tertiary/aromatic N) is 4. The Morgan fingerprint density at radius 3 is 2.66 bits per heavy atom. The van der Waals surface area contributed by atoms with E-state index >= 15 is 0 Å². The number of alkyl halides is 2. The molecule has 2 fully saturated rings. The standard InChI is InChI=1S/C24H23F2N5O/c25-24(26)15-30(16-24)13-17-1-4-20(5-2-17)29-23(32)8-3-18-11-27-10-9-22(18)19-12-28-31(14-19)21-6-7-21/h1-5,8-12,14,21H,6-7,13,15-16H2,(H,29,32). The highest BCUT2D eigenvalue weighted by atomic mass is 19.3. The number of amides is 1. The van der Waals surface area contributed by atoms with E-state index in [1.54, 1.807) is 35.5 Å². The monoisotopic (exact) mass is 435 g/mol. The average Bonchev–Trinajstić information content (AvgIpc) is 3.49. The van der Waals surface area contributed by atoms with Gasteiger partial charge in [-0.1, -0.05) is 12.1 Å². The molecule has 3 heterocycles. The summed E-state index contributed by atoms with van der Waals surface area (Å²) in [5.74, 6) is -2.82. The van der Waals surface area contributed by atoms with Crippen LogP contribution in [-0.4, -0.2) is 44.6 Å². The first-order chi connectivity index (χ1) is 15.4. The molecule has 1 amide bonds. The van der Waals surface area contributed by atoms with Crippen LogP contribution in [-0.2, 0) is 11.3 Å². The predicted octanol–water partition coefficient (Wildman–Crippen LogP) is 4.38.